The Hall–Kier alpha value is -1.30. The SMILES string of the molecule is CC#CCCNC(C)(CN)Cc1ccccc1. The van der Waals surface area contributed by atoms with Gasteiger partial charge >= 0.3 is 0 Å². The molecule has 0 fully saturated rings. The second kappa shape index (κ2) is 7.11. The molecular weight excluding hydrogens is 208 g/mol. The van der Waals surface area contributed by atoms with E-state index in [-0.39, 0.29) is 5.54 Å². The minimum Gasteiger partial charge on any atom is -0.329 e. The molecule has 0 bridgehead atoms. The molecule has 0 aliphatic rings. The second-order valence-corrected chi connectivity index (χ2v) is 4.53. The van der Waals surface area contributed by atoms with Gasteiger partial charge in [-0.3, -0.25) is 0 Å². The van der Waals surface area contributed by atoms with Gasteiger partial charge in [-0.2, -0.15) is 0 Å². The third-order valence-electron chi connectivity index (χ3n) is 2.87. The van der Waals surface area contributed by atoms with Gasteiger partial charge < -0.3 is 11.1 Å². The standard InChI is InChI=1S/C15H22N2/c1-3-4-8-11-17-15(2,13-16)12-14-9-6-5-7-10-14/h5-7,9-10,17H,8,11-13,16H2,1-2H3. The molecular formula is C15H22N2. The van der Waals surface area contributed by atoms with Crippen molar-refractivity contribution < 1.29 is 0 Å². The lowest BCUT2D eigenvalue weighted by Gasteiger charge is -2.29. The van der Waals surface area contributed by atoms with Gasteiger partial charge in [0.15, 0.2) is 0 Å². The summed E-state index contributed by atoms with van der Waals surface area (Å²) in [6.45, 7) is 5.55. The van der Waals surface area contributed by atoms with Crippen LogP contribution in [0.3, 0.4) is 0 Å². The van der Waals surface area contributed by atoms with E-state index in [0.717, 1.165) is 19.4 Å². The first-order chi connectivity index (χ1) is 8.20. The molecule has 0 aromatic heterocycles. The van der Waals surface area contributed by atoms with Crippen LogP contribution in [0, 0.1) is 11.8 Å². The Bertz CT molecular complexity index is 375. The maximum absolute atomic E-state index is 5.87. The molecule has 0 aliphatic heterocycles. The van der Waals surface area contributed by atoms with Crippen LogP contribution in [0.4, 0.5) is 0 Å². The Kier molecular flexibility index (Phi) is 5.76. The topological polar surface area (TPSA) is 38.0 Å². The van der Waals surface area contributed by atoms with Crippen LogP contribution in [-0.2, 0) is 6.42 Å². The van der Waals surface area contributed by atoms with Crippen molar-refractivity contribution in [2.45, 2.75) is 32.2 Å². The molecule has 3 N–H and O–H groups in total. The summed E-state index contributed by atoms with van der Waals surface area (Å²) in [5.41, 5.74) is 7.14. The number of nitrogens with two attached hydrogens (primary N) is 1. The number of benzene rings is 1. The molecule has 1 unspecified atom stereocenters. The van der Waals surface area contributed by atoms with Crippen LogP contribution < -0.4 is 11.1 Å². The highest BCUT2D eigenvalue weighted by Gasteiger charge is 2.21. The van der Waals surface area contributed by atoms with Gasteiger partial charge in [0.2, 0.25) is 0 Å². The lowest BCUT2D eigenvalue weighted by Crippen LogP contribution is -2.50. The van der Waals surface area contributed by atoms with E-state index in [9.17, 15) is 0 Å². The minimum atomic E-state index is -0.0449. The summed E-state index contributed by atoms with van der Waals surface area (Å²) in [5.74, 6) is 5.96. The predicted octanol–water partition coefficient (Wildman–Crippen LogP) is 1.95. The number of hydrogen-bond acceptors (Lipinski definition) is 2. The fraction of sp³-hybridized carbons (Fsp3) is 0.467. The first-order valence-corrected chi connectivity index (χ1v) is 6.09. The highest BCUT2D eigenvalue weighted by atomic mass is 15.0. The third kappa shape index (κ3) is 5.04. The molecule has 1 aromatic carbocycles. The van der Waals surface area contributed by atoms with Crippen molar-refractivity contribution in [3.8, 4) is 11.8 Å². The van der Waals surface area contributed by atoms with E-state index < -0.39 is 0 Å². The normalized spacial score (nSPS) is 13.6. The highest BCUT2D eigenvalue weighted by molar-refractivity contribution is 5.17. The molecule has 0 amide bonds. The summed E-state index contributed by atoms with van der Waals surface area (Å²) < 4.78 is 0. The van der Waals surface area contributed by atoms with Crippen LogP contribution in [0.25, 0.3) is 0 Å². The van der Waals surface area contributed by atoms with Crippen molar-refractivity contribution in [2.75, 3.05) is 13.1 Å². The van der Waals surface area contributed by atoms with Gasteiger partial charge in [0, 0.05) is 25.0 Å². The van der Waals surface area contributed by atoms with E-state index in [1.807, 2.05) is 13.0 Å². The van der Waals surface area contributed by atoms with Gasteiger partial charge in [-0.25, -0.2) is 0 Å². The van der Waals surface area contributed by atoms with Crippen molar-refractivity contribution in [2.24, 2.45) is 5.73 Å². The average molecular weight is 230 g/mol. The first-order valence-electron chi connectivity index (χ1n) is 6.09. The molecule has 0 saturated heterocycles. The Morgan fingerprint density at radius 3 is 2.59 bits per heavy atom. The summed E-state index contributed by atoms with van der Waals surface area (Å²) in [6, 6.07) is 10.4. The molecule has 0 aliphatic carbocycles. The number of rotatable bonds is 6. The van der Waals surface area contributed by atoms with Crippen LogP contribution >= 0.6 is 0 Å². The fourth-order valence-electron chi connectivity index (χ4n) is 1.80. The summed E-state index contributed by atoms with van der Waals surface area (Å²) in [7, 11) is 0. The van der Waals surface area contributed by atoms with Gasteiger partial charge in [-0.15, -0.1) is 11.8 Å². The summed E-state index contributed by atoms with van der Waals surface area (Å²) >= 11 is 0. The fourth-order valence-corrected chi connectivity index (χ4v) is 1.80. The van der Waals surface area contributed by atoms with Crippen molar-refractivity contribution in [1.82, 2.24) is 5.32 Å². The van der Waals surface area contributed by atoms with Gasteiger partial charge in [0.25, 0.3) is 0 Å². The second-order valence-electron chi connectivity index (χ2n) is 4.53. The predicted molar refractivity (Wildman–Crippen MR) is 73.7 cm³/mol. The summed E-state index contributed by atoms with van der Waals surface area (Å²) in [5, 5.41) is 3.50. The van der Waals surface area contributed by atoms with Gasteiger partial charge in [-0.05, 0) is 25.8 Å². The van der Waals surface area contributed by atoms with E-state index in [4.69, 9.17) is 5.73 Å². The Morgan fingerprint density at radius 2 is 2.00 bits per heavy atom. The van der Waals surface area contributed by atoms with Crippen LogP contribution in [0.2, 0.25) is 0 Å². The van der Waals surface area contributed by atoms with Gasteiger partial charge in [-0.1, -0.05) is 30.3 Å². The molecule has 1 atom stereocenters. The van der Waals surface area contributed by atoms with Gasteiger partial charge in [0.1, 0.15) is 0 Å². The van der Waals surface area contributed by atoms with Crippen molar-refractivity contribution in [1.29, 1.82) is 0 Å². The van der Waals surface area contributed by atoms with Crippen molar-refractivity contribution >= 4 is 0 Å². The molecule has 0 saturated carbocycles. The third-order valence-corrected chi connectivity index (χ3v) is 2.87. The molecule has 0 spiro atoms. The van der Waals surface area contributed by atoms with E-state index in [1.54, 1.807) is 0 Å². The zero-order valence-electron chi connectivity index (χ0n) is 10.8. The summed E-state index contributed by atoms with van der Waals surface area (Å²) in [6.07, 6.45) is 1.82. The molecule has 92 valence electrons. The summed E-state index contributed by atoms with van der Waals surface area (Å²) in [4.78, 5) is 0. The molecule has 0 radical (unpaired) electrons. The maximum Gasteiger partial charge on any atom is 0.0316 e. The lowest BCUT2D eigenvalue weighted by molar-refractivity contribution is 0.366. The maximum atomic E-state index is 5.87. The minimum absolute atomic E-state index is 0.0449. The van der Waals surface area contributed by atoms with E-state index in [2.05, 4.69) is 48.3 Å². The molecule has 0 heterocycles. The smallest absolute Gasteiger partial charge is 0.0316 e. The Labute approximate surface area is 105 Å². The average Bonchev–Trinajstić information content (AvgIpc) is 2.36. The first kappa shape index (κ1) is 13.8. The molecule has 2 nitrogen and oxygen atoms in total. The van der Waals surface area contributed by atoms with E-state index in [0.29, 0.717) is 6.54 Å². The number of nitrogens with one attached hydrogen (secondary N) is 1. The zero-order valence-corrected chi connectivity index (χ0v) is 10.8. The Morgan fingerprint density at radius 1 is 1.29 bits per heavy atom. The highest BCUT2D eigenvalue weighted by Crippen LogP contribution is 2.11. The van der Waals surface area contributed by atoms with Crippen molar-refractivity contribution in [3.05, 3.63) is 35.9 Å². The van der Waals surface area contributed by atoms with E-state index >= 15 is 0 Å². The lowest BCUT2D eigenvalue weighted by atomic mass is 9.93. The largest absolute Gasteiger partial charge is 0.329 e. The van der Waals surface area contributed by atoms with Gasteiger partial charge in [0.05, 0.1) is 0 Å². The Balaban J connectivity index is 2.52. The van der Waals surface area contributed by atoms with Crippen LogP contribution in [-0.4, -0.2) is 18.6 Å². The number of hydrogen-bond donors (Lipinski definition) is 2. The van der Waals surface area contributed by atoms with Crippen molar-refractivity contribution in [3.63, 3.8) is 0 Å². The molecule has 1 aromatic rings. The molecule has 17 heavy (non-hydrogen) atoms. The van der Waals surface area contributed by atoms with Crippen LogP contribution in [0.5, 0.6) is 0 Å². The van der Waals surface area contributed by atoms with E-state index in [1.165, 1.54) is 5.56 Å². The quantitative estimate of drug-likeness (QED) is 0.579. The van der Waals surface area contributed by atoms with Crippen LogP contribution in [0.1, 0.15) is 25.8 Å². The van der Waals surface area contributed by atoms with Crippen LogP contribution in [0.15, 0.2) is 30.3 Å². The monoisotopic (exact) mass is 230 g/mol. The zero-order chi connectivity index (χ0) is 12.6. The molecule has 2 heteroatoms. The molecule has 1 rings (SSSR count).